The van der Waals surface area contributed by atoms with E-state index in [1.165, 1.54) is 16.5 Å². The van der Waals surface area contributed by atoms with Gasteiger partial charge in [0.1, 0.15) is 0 Å². The predicted molar refractivity (Wildman–Crippen MR) is 80.0 cm³/mol. The highest BCUT2D eigenvalue weighted by Crippen LogP contribution is 2.24. The first-order chi connectivity index (χ1) is 9.15. The number of rotatable bonds is 2. The summed E-state index contributed by atoms with van der Waals surface area (Å²) in [5.74, 6) is 0.601. The smallest absolute Gasteiger partial charge is 0.0481 e. The second kappa shape index (κ2) is 4.99. The molecule has 3 nitrogen and oxygen atoms in total. The van der Waals surface area contributed by atoms with E-state index in [0.717, 1.165) is 26.1 Å². The number of hydrogen-bond donors (Lipinski definition) is 1. The highest BCUT2D eigenvalue weighted by Gasteiger charge is 2.23. The quantitative estimate of drug-likeness (QED) is 0.896. The van der Waals surface area contributed by atoms with Gasteiger partial charge < -0.3 is 10.3 Å². The zero-order valence-electron chi connectivity index (χ0n) is 11.8. The van der Waals surface area contributed by atoms with Gasteiger partial charge in [0.05, 0.1) is 0 Å². The van der Waals surface area contributed by atoms with Crippen LogP contribution in [0.5, 0.6) is 0 Å². The Kier molecular flexibility index (Phi) is 3.33. The SMILES string of the molecule is CC1CN(Cc2cn(C)c3ccccc23)CCC1N. The molecule has 0 spiro atoms. The number of nitrogens with two attached hydrogens (primary N) is 1. The molecule has 2 heterocycles. The van der Waals surface area contributed by atoms with Crippen molar-refractivity contribution in [2.24, 2.45) is 18.7 Å². The molecule has 0 saturated carbocycles. The van der Waals surface area contributed by atoms with Crippen molar-refractivity contribution in [3.05, 3.63) is 36.0 Å². The number of nitrogens with zero attached hydrogens (tertiary/aromatic N) is 2. The van der Waals surface area contributed by atoms with Gasteiger partial charge in [0, 0.05) is 43.3 Å². The molecule has 2 aromatic rings. The summed E-state index contributed by atoms with van der Waals surface area (Å²) in [6.07, 6.45) is 3.38. The molecule has 1 fully saturated rings. The van der Waals surface area contributed by atoms with Gasteiger partial charge in [-0.1, -0.05) is 25.1 Å². The normalized spacial score (nSPS) is 25.0. The van der Waals surface area contributed by atoms with Crippen molar-refractivity contribution in [3.63, 3.8) is 0 Å². The van der Waals surface area contributed by atoms with Crippen LogP contribution in [0.3, 0.4) is 0 Å². The van der Waals surface area contributed by atoms with Crippen LogP contribution in [0.4, 0.5) is 0 Å². The lowest BCUT2D eigenvalue weighted by atomic mass is 9.94. The Morgan fingerprint density at radius 3 is 2.89 bits per heavy atom. The van der Waals surface area contributed by atoms with Gasteiger partial charge in [-0.15, -0.1) is 0 Å². The average Bonchev–Trinajstić information content (AvgIpc) is 2.72. The zero-order valence-corrected chi connectivity index (χ0v) is 11.8. The maximum Gasteiger partial charge on any atom is 0.0481 e. The molecule has 0 amide bonds. The Morgan fingerprint density at radius 1 is 1.32 bits per heavy atom. The van der Waals surface area contributed by atoms with Crippen LogP contribution < -0.4 is 5.73 Å². The number of benzene rings is 1. The Labute approximate surface area is 115 Å². The monoisotopic (exact) mass is 257 g/mol. The number of fused-ring (bicyclic) bond motifs is 1. The van der Waals surface area contributed by atoms with Gasteiger partial charge in [0.15, 0.2) is 0 Å². The van der Waals surface area contributed by atoms with Gasteiger partial charge in [-0.3, -0.25) is 4.90 Å². The third kappa shape index (κ3) is 2.40. The summed E-state index contributed by atoms with van der Waals surface area (Å²) in [6, 6.07) is 9.02. The van der Waals surface area contributed by atoms with E-state index in [2.05, 4.69) is 53.9 Å². The van der Waals surface area contributed by atoms with E-state index in [1.54, 1.807) is 0 Å². The first-order valence-electron chi connectivity index (χ1n) is 7.16. The highest BCUT2D eigenvalue weighted by molar-refractivity contribution is 5.83. The van der Waals surface area contributed by atoms with Crippen LogP contribution >= 0.6 is 0 Å². The van der Waals surface area contributed by atoms with Crippen LogP contribution in [0.1, 0.15) is 18.9 Å². The lowest BCUT2D eigenvalue weighted by molar-refractivity contribution is 0.158. The number of aryl methyl sites for hydroxylation is 1. The first-order valence-corrected chi connectivity index (χ1v) is 7.16. The molecule has 1 aliphatic heterocycles. The molecule has 1 aromatic heterocycles. The summed E-state index contributed by atoms with van der Waals surface area (Å²) in [7, 11) is 2.13. The maximum atomic E-state index is 6.10. The summed E-state index contributed by atoms with van der Waals surface area (Å²) in [4.78, 5) is 2.54. The van der Waals surface area contributed by atoms with Crippen molar-refractivity contribution in [2.45, 2.75) is 25.9 Å². The fraction of sp³-hybridized carbons (Fsp3) is 0.500. The summed E-state index contributed by atoms with van der Waals surface area (Å²) in [6.45, 7) is 5.54. The van der Waals surface area contributed by atoms with E-state index in [1.807, 2.05) is 0 Å². The molecule has 3 heteroatoms. The van der Waals surface area contributed by atoms with E-state index in [4.69, 9.17) is 5.73 Å². The van der Waals surface area contributed by atoms with Crippen molar-refractivity contribution in [1.29, 1.82) is 0 Å². The second-order valence-corrected chi connectivity index (χ2v) is 5.95. The molecule has 0 aliphatic carbocycles. The van der Waals surface area contributed by atoms with Crippen molar-refractivity contribution in [3.8, 4) is 0 Å². The van der Waals surface area contributed by atoms with E-state index in [-0.39, 0.29) is 0 Å². The lowest BCUT2D eigenvalue weighted by Gasteiger charge is -2.34. The molecule has 2 atom stereocenters. The Morgan fingerprint density at radius 2 is 2.11 bits per heavy atom. The molecule has 2 unspecified atom stereocenters. The minimum absolute atomic E-state index is 0.378. The summed E-state index contributed by atoms with van der Waals surface area (Å²) >= 11 is 0. The Bertz CT molecular complexity index is 572. The van der Waals surface area contributed by atoms with Gasteiger partial charge in [0.2, 0.25) is 0 Å². The minimum atomic E-state index is 0.378. The summed E-state index contributed by atoms with van der Waals surface area (Å²) < 4.78 is 2.23. The zero-order chi connectivity index (χ0) is 13.4. The molecule has 19 heavy (non-hydrogen) atoms. The Balaban J connectivity index is 1.82. The van der Waals surface area contributed by atoms with Crippen LogP contribution in [0.2, 0.25) is 0 Å². The third-order valence-electron chi connectivity index (χ3n) is 4.43. The molecular weight excluding hydrogens is 234 g/mol. The summed E-state index contributed by atoms with van der Waals surface area (Å²) in [5, 5.41) is 1.38. The van der Waals surface area contributed by atoms with E-state index in [0.29, 0.717) is 12.0 Å². The van der Waals surface area contributed by atoms with Crippen molar-refractivity contribution in [1.82, 2.24) is 9.47 Å². The summed E-state index contributed by atoms with van der Waals surface area (Å²) in [5.41, 5.74) is 8.85. The van der Waals surface area contributed by atoms with Gasteiger partial charge in [-0.2, -0.15) is 0 Å². The second-order valence-electron chi connectivity index (χ2n) is 5.95. The molecular formula is C16H23N3. The van der Waals surface area contributed by atoms with Crippen LogP contribution in [-0.2, 0) is 13.6 Å². The number of piperidine rings is 1. The topological polar surface area (TPSA) is 34.2 Å². The molecule has 1 aromatic carbocycles. The van der Waals surface area contributed by atoms with E-state index >= 15 is 0 Å². The lowest BCUT2D eigenvalue weighted by Crippen LogP contribution is -2.45. The first kappa shape index (κ1) is 12.7. The van der Waals surface area contributed by atoms with E-state index < -0.39 is 0 Å². The number of likely N-dealkylation sites (tertiary alicyclic amines) is 1. The number of para-hydroxylation sites is 1. The number of aromatic nitrogens is 1. The molecule has 1 saturated heterocycles. The highest BCUT2D eigenvalue weighted by atomic mass is 15.1. The van der Waals surface area contributed by atoms with E-state index in [9.17, 15) is 0 Å². The molecule has 0 radical (unpaired) electrons. The maximum absolute atomic E-state index is 6.10. The van der Waals surface area contributed by atoms with Crippen LogP contribution in [-0.4, -0.2) is 28.6 Å². The molecule has 2 N–H and O–H groups in total. The third-order valence-corrected chi connectivity index (χ3v) is 4.43. The van der Waals surface area contributed by atoms with Crippen molar-refractivity contribution >= 4 is 10.9 Å². The van der Waals surface area contributed by atoms with Gasteiger partial charge in [-0.25, -0.2) is 0 Å². The molecule has 1 aliphatic rings. The minimum Gasteiger partial charge on any atom is -0.350 e. The van der Waals surface area contributed by atoms with Crippen LogP contribution in [0.15, 0.2) is 30.5 Å². The molecule has 102 valence electrons. The van der Waals surface area contributed by atoms with Gasteiger partial charge in [0.25, 0.3) is 0 Å². The fourth-order valence-corrected chi connectivity index (χ4v) is 3.19. The van der Waals surface area contributed by atoms with Gasteiger partial charge >= 0.3 is 0 Å². The van der Waals surface area contributed by atoms with Crippen LogP contribution in [0.25, 0.3) is 10.9 Å². The average molecular weight is 257 g/mol. The predicted octanol–water partition coefficient (Wildman–Crippen LogP) is 2.35. The molecule has 3 rings (SSSR count). The largest absolute Gasteiger partial charge is 0.350 e. The standard InChI is InChI=1S/C16H23N3/c1-12-9-19(8-7-15(12)17)11-13-10-18(2)16-6-4-3-5-14(13)16/h3-6,10,12,15H,7-9,11,17H2,1-2H3. The van der Waals surface area contributed by atoms with Crippen molar-refractivity contribution < 1.29 is 0 Å². The molecule has 0 bridgehead atoms. The fourth-order valence-electron chi connectivity index (χ4n) is 3.19. The Hall–Kier alpha value is -1.32. The number of hydrogen-bond acceptors (Lipinski definition) is 2. The van der Waals surface area contributed by atoms with Crippen LogP contribution in [0, 0.1) is 5.92 Å². The van der Waals surface area contributed by atoms with Crippen molar-refractivity contribution in [2.75, 3.05) is 13.1 Å². The van der Waals surface area contributed by atoms with Gasteiger partial charge in [-0.05, 0) is 30.5 Å².